The molecular formula is C29H35I2P. The summed E-state index contributed by atoms with van der Waals surface area (Å²) in [6, 6.07) is 33.5. The number of hydrogen-bond acceptors (Lipinski definition) is 0. The van der Waals surface area contributed by atoms with Gasteiger partial charge < -0.3 is 24.0 Å². The average molecular weight is 668 g/mol. The molecule has 3 heteroatoms. The first-order valence-corrected chi connectivity index (χ1v) is 15.1. The van der Waals surface area contributed by atoms with Crippen molar-refractivity contribution in [3.8, 4) is 0 Å². The summed E-state index contributed by atoms with van der Waals surface area (Å²) in [5, 5.41) is 4.40. The normalized spacial score (nSPS) is 11.4. The molecule has 0 radical (unpaired) electrons. The van der Waals surface area contributed by atoms with E-state index in [1.807, 2.05) is 0 Å². The lowest BCUT2D eigenvalue weighted by molar-refractivity contribution is -0.00000604. The second-order valence-electron chi connectivity index (χ2n) is 8.07. The fraction of sp³-hybridized carbons (Fsp3) is 0.310. The van der Waals surface area contributed by atoms with Gasteiger partial charge in [0, 0.05) is 0 Å². The van der Waals surface area contributed by atoms with E-state index < -0.39 is 7.26 Å². The highest BCUT2D eigenvalue weighted by molar-refractivity contribution is 14.1. The Kier molecular flexibility index (Phi) is 13.8. The monoisotopic (exact) mass is 668 g/mol. The summed E-state index contributed by atoms with van der Waals surface area (Å²) < 4.78 is 1.30. The standard InChI is InChI=1S/C29H35IP.HI/c30-25-17-6-4-2-1-3-5-7-18-26-31(27-19-11-8-12-20-27,28-21-13-9-14-22-28)29-23-15-10-16-24-29;/h7-16,18-24H,1-6,17,25-26H2;1H/q+1;/p-1. The summed E-state index contributed by atoms with van der Waals surface area (Å²) in [7, 11) is -1.71. The third-order valence-electron chi connectivity index (χ3n) is 5.89. The van der Waals surface area contributed by atoms with Gasteiger partial charge in [-0.25, -0.2) is 0 Å². The minimum Gasteiger partial charge on any atom is -1.00 e. The molecule has 0 spiro atoms. The minimum absolute atomic E-state index is 0. The van der Waals surface area contributed by atoms with Crippen LogP contribution in [0.25, 0.3) is 0 Å². The Bertz CT molecular complexity index is 782. The molecule has 0 unspecified atom stereocenters. The molecule has 0 nitrogen and oxygen atoms in total. The molecule has 0 atom stereocenters. The second-order valence-corrected chi connectivity index (χ2v) is 12.7. The van der Waals surface area contributed by atoms with E-state index in [9.17, 15) is 0 Å². The number of hydrogen-bond donors (Lipinski definition) is 0. The van der Waals surface area contributed by atoms with E-state index >= 15 is 0 Å². The average Bonchev–Trinajstić information content (AvgIpc) is 2.84. The fourth-order valence-electron chi connectivity index (χ4n) is 4.23. The number of benzene rings is 3. The summed E-state index contributed by atoms with van der Waals surface area (Å²) in [6.45, 7) is 0. The molecule has 0 aromatic heterocycles. The zero-order chi connectivity index (χ0) is 21.6. The van der Waals surface area contributed by atoms with Crippen molar-refractivity contribution in [1.82, 2.24) is 0 Å². The number of rotatable bonds is 13. The molecule has 0 aliphatic carbocycles. The fourth-order valence-corrected chi connectivity index (χ4v) is 8.80. The van der Waals surface area contributed by atoms with Crippen molar-refractivity contribution in [1.29, 1.82) is 0 Å². The van der Waals surface area contributed by atoms with Crippen LogP contribution in [0.5, 0.6) is 0 Å². The maximum Gasteiger partial charge on any atom is 0.115 e. The van der Waals surface area contributed by atoms with E-state index in [2.05, 4.69) is 126 Å². The Balaban J connectivity index is 0.00000363. The Morgan fingerprint density at radius 3 is 1.38 bits per heavy atom. The molecule has 0 aliphatic rings. The second kappa shape index (κ2) is 16.0. The van der Waals surface area contributed by atoms with Gasteiger partial charge in [0.25, 0.3) is 0 Å². The zero-order valence-electron chi connectivity index (χ0n) is 18.9. The molecule has 0 saturated heterocycles. The number of allylic oxidation sites excluding steroid dienone is 2. The lowest BCUT2D eigenvalue weighted by Crippen LogP contribution is -3.00. The van der Waals surface area contributed by atoms with E-state index in [-0.39, 0.29) is 24.0 Å². The minimum atomic E-state index is -1.71. The van der Waals surface area contributed by atoms with Gasteiger partial charge in [0.2, 0.25) is 0 Å². The smallest absolute Gasteiger partial charge is 0.115 e. The number of halogens is 2. The van der Waals surface area contributed by atoms with Gasteiger partial charge in [-0.3, -0.25) is 0 Å². The molecule has 0 aliphatic heterocycles. The van der Waals surface area contributed by atoms with Crippen LogP contribution in [0.1, 0.15) is 44.9 Å². The molecule has 170 valence electrons. The van der Waals surface area contributed by atoms with Crippen LogP contribution in [0, 0.1) is 0 Å². The van der Waals surface area contributed by atoms with Crippen LogP contribution in [0.2, 0.25) is 0 Å². The molecule has 32 heavy (non-hydrogen) atoms. The van der Waals surface area contributed by atoms with Crippen molar-refractivity contribution < 1.29 is 24.0 Å². The van der Waals surface area contributed by atoms with Gasteiger partial charge in [-0.05, 0) is 60.1 Å². The Morgan fingerprint density at radius 2 is 0.938 bits per heavy atom. The third-order valence-corrected chi connectivity index (χ3v) is 11.0. The Labute approximate surface area is 226 Å². The van der Waals surface area contributed by atoms with E-state index in [4.69, 9.17) is 0 Å². The Morgan fingerprint density at radius 1 is 0.531 bits per heavy atom. The van der Waals surface area contributed by atoms with Gasteiger partial charge in [-0.1, -0.05) is 115 Å². The van der Waals surface area contributed by atoms with Crippen molar-refractivity contribution in [3.63, 3.8) is 0 Å². The Hall–Kier alpha value is -0.710. The van der Waals surface area contributed by atoms with Crippen LogP contribution in [0.15, 0.2) is 103 Å². The predicted octanol–water partition coefficient (Wildman–Crippen LogP) is 4.71. The van der Waals surface area contributed by atoms with Crippen LogP contribution >= 0.6 is 29.9 Å². The first kappa shape index (κ1) is 27.5. The maximum absolute atomic E-state index is 2.48. The summed E-state index contributed by atoms with van der Waals surface area (Å²) in [5.41, 5.74) is 0. The molecule has 3 aromatic rings. The summed E-state index contributed by atoms with van der Waals surface area (Å²) in [4.78, 5) is 0. The topological polar surface area (TPSA) is 0 Å². The van der Waals surface area contributed by atoms with E-state index in [1.165, 1.54) is 65.3 Å². The predicted molar refractivity (Wildman–Crippen MR) is 150 cm³/mol. The first-order chi connectivity index (χ1) is 15.4. The van der Waals surface area contributed by atoms with E-state index in [0.29, 0.717) is 0 Å². The first-order valence-electron chi connectivity index (χ1n) is 11.6. The molecule has 3 rings (SSSR count). The van der Waals surface area contributed by atoms with Gasteiger partial charge in [-0.2, -0.15) is 0 Å². The molecule has 0 bridgehead atoms. The molecule has 3 aromatic carbocycles. The van der Waals surface area contributed by atoms with Crippen molar-refractivity contribution in [3.05, 3.63) is 103 Å². The highest BCUT2D eigenvalue weighted by atomic mass is 127. The van der Waals surface area contributed by atoms with Crippen LogP contribution in [0.3, 0.4) is 0 Å². The molecule has 0 amide bonds. The third kappa shape index (κ3) is 7.95. The van der Waals surface area contributed by atoms with Crippen molar-refractivity contribution in [2.75, 3.05) is 10.6 Å². The quantitative estimate of drug-likeness (QED) is 0.0815. The van der Waals surface area contributed by atoms with Gasteiger partial charge in [0.15, 0.2) is 0 Å². The zero-order valence-corrected chi connectivity index (χ0v) is 24.1. The summed E-state index contributed by atoms with van der Waals surface area (Å²) in [5.74, 6) is 0. The van der Waals surface area contributed by atoms with Gasteiger partial charge in [0.05, 0.1) is 6.16 Å². The largest absolute Gasteiger partial charge is 1.00 e. The van der Waals surface area contributed by atoms with E-state index in [0.717, 1.165) is 6.16 Å². The maximum atomic E-state index is 2.48. The van der Waals surface area contributed by atoms with Crippen molar-refractivity contribution in [2.45, 2.75) is 44.9 Å². The van der Waals surface area contributed by atoms with Crippen LogP contribution in [0.4, 0.5) is 0 Å². The van der Waals surface area contributed by atoms with Crippen LogP contribution < -0.4 is 39.9 Å². The summed E-state index contributed by atoms with van der Waals surface area (Å²) >= 11 is 2.48. The molecule has 0 N–H and O–H groups in total. The van der Waals surface area contributed by atoms with Gasteiger partial charge in [0.1, 0.15) is 23.2 Å². The van der Waals surface area contributed by atoms with Gasteiger partial charge in [-0.15, -0.1) is 0 Å². The van der Waals surface area contributed by atoms with E-state index in [1.54, 1.807) is 0 Å². The lowest BCUT2D eigenvalue weighted by Gasteiger charge is -2.26. The molecule has 0 fully saturated rings. The number of unbranched alkanes of at least 4 members (excludes halogenated alkanes) is 6. The van der Waals surface area contributed by atoms with Crippen LogP contribution in [-0.4, -0.2) is 10.6 Å². The van der Waals surface area contributed by atoms with Crippen LogP contribution in [-0.2, 0) is 0 Å². The highest BCUT2D eigenvalue weighted by Gasteiger charge is 2.43. The molecule has 0 heterocycles. The van der Waals surface area contributed by atoms with Gasteiger partial charge >= 0.3 is 0 Å². The lowest BCUT2D eigenvalue weighted by atomic mass is 10.1. The highest BCUT2D eigenvalue weighted by Crippen LogP contribution is 2.55. The number of alkyl halides is 1. The van der Waals surface area contributed by atoms with Crippen molar-refractivity contribution in [2.24, 2.45) is 0 Å². The SMILES string of the molecule is ICCCCCCCCC=CC[P+](c1ccccc1)(c1ccccc1)c1ccccc1.[I-]. The molecule has 0 saturated carbocycles. The summed E-state index contributed by atoms with van der Waals surface area (Å²) in [6.07, 6.45) is 15.4. The molecular weight excluding hydrogens is 633 g/mol. The van der Waals surface area contributed by atoms with Crippen molar-refractivity contribution >= 4 is 45.8 Å².